The number of carbonyl (C=O) groups excluding carboxylic acids is 8. The first-order chi connectivity index (χ1) is 49.8. The van der Waals surface area contributed by atoms with Gasteiger partial charge in [0.05, 0.1) is 72.0 Å². The number of esters is 4. The summed E-state index contributed by atoms with van der Waals surface area (Å²) >= 11 is 0. The molecule has 0 aromatic carbocycles. The smallest absolute Gasteiger partial charge is 0.325 e. The molecular weight excluding hydrogens is 1350 g/mol. The molecule has 9 rings (SSSR count). The van der Waals surface area contributed by atoms with Crippen LogP contribution in [0.5, 0.6) is 0 Å². The number of nitrogens with zero attached hydrogens (tertiary/aromatic N) is 4. The minimum atomic E-state index is -0.740. The van der Waals surface area contributed by atoms with Crippen molar-refractivity contribution in [3.05, 3.63) is 210 Å². The standard InChI is InChI=1S/C92H116N4O12/c1-29-105-73(97)49-93-65-33-34-66(93)78(54-43-59(87(11,12)13)82(102)60(44-54)88(14,15)16)68-36-38-70(95(68)51-75(99)107-31-3)80(56-47-63(91(23,24)25)84(104)64(48-56)92(26,27)28)72-40-39-71(96(72)52-76(100)108-32-4)79(55-45-61(89(17,18)19)83(103)62(46-55)90(20,21)22)69-37-35-67(94(69)50-74(98)106-30-2)77(65)53-41-57(85(5,6)7)81(101)58(42-53)86(8,9)10/h33-48H,29-32,49-52H2,1-28H3. The van der Waals surface area contributed by atoms with Crippen LogP contribution in [0.4, 0.5) is 0 Å². The van der Waals surface area contributed by atoms with E-state index in [1.807, 2.05) is 282 Å². The summed E-state index contributed by atoms with van der Waals surface area (Å²) in [6.45, 7) is 53.4. The highest BCUT2D eigenvalue weighted by molar-refractivity contribution is 6.16. The van der Waals surface area contributed by atoms with Crippen LogP contribution in [-0.4, -0.2) is 91.7 Å². The third-order valence-electron chi connectivity index (χ3n) is 20.3. The molecule has 16 nitrogen and oxygen atoms in total. The molecule has 0 spiro atoms. The van der Waals surface area contributed by atoms with Crippen LogP contribution in [0.2, 0.25) is 0 Å². The molecule has 0 amide bonds. The third-order valence-corrected chi connectivity index (χ3v) is 20.3. The number of rotatable bonds is 12. The summed E-state index contributed by atoms with van der Waals surface area (Å²) in [5, 5.41) is 0. The highest BCUT2D eigenvalue weighted by Gasteiger charge is 2.43. The molecule has 0 radical (unpaired) electrons. The van der Waals surface area contributed by atoms with E-state index >= 15 is 38.4 Å². The van der Waals surface area contributed by atoms with Crippen molar-refractivity contribution in [2.75, 3.05) is 26.4 Å². The molecule has 5 aliphatic rings. The molecule has 0 atom stereocenters. The summed E-state index contributed by atoms with van der Waals surface area (Å²) in [5.41, 5.74) is 5.87. The van der Waals surface area contributed by atoms with E-state index in [9.17, 15) is 0 Å². The lowest BCUT2D eigenvalue weighted by atomic mass is 9.71. The average molecular weight is 1470 g/mol. The number of allylic oxidation sites excluding steroid dienone is 20. The van der Waals surface area contributed by atoms with E-state index in [0.717, 1.165) is 0 Å². The van der Waals surface area contributed by atoms with Gasteiger partial charge in [-0.3, -0.25) is 38.4 Å². The van der Waals surface area contributed by atoms with Crippen LogP contribution in [0.3, 0.4) is 0 Å². The SMILES string of the molecule is CCOC(=O)Cn1c2ccc1C(=C1C=C(C(C)(C)C)C(=O)C(C(C)(C)C)=C1)c1ccc(n1CC(=O)OCC)C(=C1C=C(C(C)(C)C)C(=O)C(C(C)(C)C)=C1)c1ccc(n1CC(=O)OCC)C(=C1C=C(C(C)(C)C)C(=O)C(C(C)(C)C)=C1)c1ccc(n1CC(=O)OCC)C2=C1C=C(C(C)(C)C)C(=O)C(C(C)(C)C)=C1. The Kier molecular flexibility index (Phi) is 22.8. The lowest BCUT2D eigenvalue weighted by Crippen LogP contribution is -2.29. The number of hydrogen-bond donors (Lipinski definition) is 0. The largest absolute Gasteiger partial charge is 0.465 e. The van der Waals surface area contributed by atoms with E-state index in [2.05, 4.69) is 0 Å². The quantitative estimate of drug-likeness (QED) is 0.0849. The zero-order chi connectivity index (χ0) is 80.6. The van der Waals surface area contributed by atoms with Gasteiger partial charge in [0.25, 0.3) is 0 Å². The minimum absolute atomic E-state index is 0.0254. The molecule has 4 aliphatic carbocycles. The summed E-state index contributed by atoms with van der Waals surface area (Å²) < 4.78 is 31.7. The number of aromatic nitrogens is 4. The molecule has 1 aliphatic heterocycles. The summed E-state index contributed by atoms with van der Waals surface area (Å²) in [4.78, 5) is 123. The Morgan fingerprint density at radius 3 is 0.463 bits per heavy atom. The van der Waals surface area contributed by atoms with Gasteiger partial charge < -0.3 is 37.2 Å². The maximum Gasteiger partial charge on any atom is 0.325 e. The second-order valence-electron chi connectivity index (χ2n) is 37.1. The van der Waals surface area contributed by atoms with E-state index in [1.165, 1.54) is 0 Å². The van der Waals surface area contributed by atoms with Gasteiger partial charge in [0.15, 0.2) is 23.1 Å². The molecule has 108 heavy (non-hydrogen) atoms. The van der Waals surface area contributed by atoms with Gasteiger partial charge in [-0.2, -0.15) is 0 Å². The Morgan fingerprint density at radius 1 is 0.241 bits per heavy atom. The van der Waals surface area contributed by atoms with Crippen molar-refractivity contribution in [1.29, 1.82) is 0 Å². The molecule has 0 saturated carbocycles. The van der Waals surface area contributed by atoms with Crippen LogP contribution >= 0.6 is 0 Å². The molecule has 0 unspecified atom stereocenters. The van der Waals surface area contributed by atoms with E-state index in [4.69, 9.17) is 18.9 Å². The molecule has 5 heterocycles. The van der Waals surface area contributed by atoms with Crippen LogP contribution in [-0.2, 0) is 83.5 Å². The Bertz CT molecular complexity index is 4000. The first kappa shape index (κ1) is 82.6. The maximum atomic E-state index is 15.4. The second-order valence-corrected chi connectivity index (χ2v) is 37.1. The fourth-order valence-electron chi connectivity index (χ4n) is 14.9. The number of hydrogen-bond acceptors (Lipinski definition) is 12. The number of ketones is 4. The fourth-order valence-corrected chi connectivity index (χ4v) is 14.9. The van der Waals surface area contributed by atoms with Gasteiger partial charge in [-0.25, -0.2) is 0 Å². The minimum Gasteiger partial charge on any atom is -0.465 e. The molecular formula is C92H116N4O12. The average Bonchev–Trinajstić information content (AvgIpc) is 1.55. The highest BCUT2D eigenvalue weighted by Crippen LogP contribution is 2.51. The van der Waals surface area contributed by atoms with Gasteiger partial charge >= 0.3 is 23.9 Å². The third kappa shape index (κ3) is 16.6. The summed E-state index contributed by atoms with van der Waals surface area (Å²) in [5.74, 6) is -2.95. The molecule has 576 valence electrons. The van der Waals surface area contributed by atoms with Crippen LogP contribution in [0.1, 0.15) is 239 Å². The maximum absolute atomic E-state index is 15.4. The van der Waals surface area contributed by atoms with Gasteiger partial charge in [-0.15, -0.1) is 0 Å². The van der Waals surface area contributed by atoms with Crippen LogP contribution in [0, 0.1) is 43.3 Å². The Hall–Kier alpha value is -9.44. The Morgan fingerprint density at radius 2 is 0.361 bits per heavy atom. The van der Waals surface area contributed by atoms with Crippen molar-refractivity contribution in [1.82, 2.24) is 18.3 Å². The van der Waals surface area contributed by atoms with Gasteiger partial charge in [-0.05, 0) is 190 Å². The van der Waals surface area contributed by atoms with E-state index in [-0.39, 0.29) is 49.6 Å². The highest BCUT2D eigenvalue weighted by atomic mass is 16.5. The van der Waals surface area contributed by atoms with Gasteiger partial charge in [0.1, 0.15) is 26.2 Å². The number of Topliss-reactive ketones (excluding diaryl/α,β-unsaturated/α-hetero) is 4. The lowest BCUT2D eigenvalue weighted by Gasteiger charge is -2.33. The summed E-state index contributed by atoms with van der Waals surface area (Å²) in [6.07, 6.45) is 15.3. The monoisotopic (exact) mass is 1470 g/mol. The normalized spacial score (nSPS) is 16.8. The lowest BCUT2D eigenvalue weighted by molar-refractivity contribution is -0.144. The number of carbonyl (C=O) groups is 8. The van der Waals surface area contributed by atoms with Crippen molar-refractivity contribution in [3.8, 4) is 0 Å². The van der Waals surface area contributed by atoms with Gasteiger partial charge in [0, 0.05) is 66.9 Å². The van der Waals surface area contributed by atoms with E-state index < -0.39 is 93.4 Å². The first-order valence-electron chi connectivity index (χ1n) is 38.2. The number of fused-ring (bicyclic) bond motifs is 8. The molecule has 0 saturated heterocycles. The van der Waals surface area contributed by atoms with Crippen molar-refractivity contribution >= 4 is 69.3 Å². The van der Waals surface area contributed by atoms with Crippen LogP contribution in [0.25, 0.3) is 22.3 Å². The molecule has 16 heteroatoms. The summed E-state index contributed by atoms with van der Waals surface area (Å²) in [6, 6.07) is 15.5. The van der Waals surface area contributed by atoms with Gasteiger partial charge in [0.2, 0.25) is 0 Å². The predicted molar refractivity (Wildman–Crippen MR) is 429 cm³/mol. The zero-order valence-corrected chi connectivity index (χ0v) is 69.6. The van der Waals surface area contributed by atoms with E-state index in [1.54, 1.807) is 27.7 Å². The van der Waals surface area contributed by atoms with Crippen LogP contribution < -0.4 is 0 Å². The Balaban J connectivity index is 1.76. The molecule has 8 bridgehead atoms. The van der Waals surface area contributed by atoms with Crippen LogP contribution in [0.15, 0.2) is 164 Å². The number of ether oxygens (including phenoxy) is 4. The topological polar surface area (TPSA) is 193 Å². The first-order valence-corrected chi connectivity index (χ1v) is 38.2. The second kappa shape index (κ2) is 29.9. The fraction of sp³-hybridized carbons (Fsp3) is 0.478. The van der Waals surface area contributed by atoms with Crippen molar-refractivity contribution in [2.24, 2.45) is 43.3 Å². The molecule has 0 N–H and O–H groups in total. The van der Waals surface area contributed by atoms with Crippen molar-refractivity contribution in [2.45, 2.75) is 220 Å². The van der Waals surface area contributed by atoms with Crippen molar-refractivity contribution in [3.63, 3.8) is 0 Å². The van der Waals surface area contributed by atoms with Crippen molar-refractivity contribution < 1.29 is 57.3 Å². The molecule has 0 fully saturated rings. The molecule has 4 aromatic heterocycles. The molecule has 4 aromatic rings. The van der Waals surface area contributed by atoms with E-state index in [0.29, 0.717) is 135 Å². The Labute approximate surface area is 640 Å². The summed E-state index contributed by atoms with van der Waals surface area (Å²) in [7, 11) is 0. The van der Waals surface area contributed by atoms with Gasteiger partial charge in [-0.1, -0.05) is 166 Å². The predicted octanol–water partition coefficient (Wildman–Crippen LogP) is 18.8. The zero-order valence-electron chi connectivity index (χ0n) is 69.6.